The van der Waals surface area contributed by atoms with Gasteiger partial charge in [0.05, 0.1) is 17.5 Å². The van der Waals surface area contributed by atoms with Crippen molar-refractivity contribution in [3.8, 4) is 0 Å². The SMILES string of the molecule is O=C(Nc1cccc(Cl)c1)c1cccc(N2C(=O)[C@@H]3[C@H](C2=O)[C@H]2C=C[C@@H]3C2)c1. The molecule has 2 fully saturated rings. The summed E-state index contributed by atoms with van der Waals surface area (Å²) in [5, 5.41) is 3.30. The Morgan fingerprint density at radius 1 is 0.964 bits per heavy atom. The molecule has 28 heavy (non-hydrogen) atoms. The lowest BCUT2D eigenvalue weighted by atomic mass is 9.85. The van der Waals surface area contributed by atoms with Crippen molar-refractivity contribution < 1.29 is 14.4 Å². The summed E-state index contributed by atoms with van der Waals surface area (Å²) < 4.78 is 0. The summed E-state index contributed by atoms with van der Waals surface area (Å²) in [5.74, 6) is -0.835. The van der Waals surface area contributed by atoms with E-state index in [9.17, 15) is 14.4 Å². The molecule has 1 heterocycles. The standard InChI is InChI=1S/C22H17ClN2O3/c23-15-4-2-5-16(11-15)24-20(26)14-3-1-6-17(10-14)25-21(27)18-12-7-8-13(9-12)19(18)22(25)28/h1-8,10-13,18-19H,9H2,(H,24,26)/t12-,13+,18+,19-. The lowest BCUT2D eigenvalue weighted by molar-refractivity contribution is -0.123. The molecule has 4 atom stereocenters. The highest BCUT2D eigenvalue weighted by Crippen LogP contribution is 2.53. The van der Waals surface area contributed by atoms with Crippen LogP contribution in [0.5, 0.6) is 0 Å². The van der Waals surface area contributed by atoms with Crippen LogP contribution in [0.1, 0.15) is 16.8 Å². The normalized spacial score (nSPS) is 27.4. The van der Waals surface area contributed by atoms with Crippen molar-refractivity contribution in [1.82, 2.24) is 0 Å². The highest BCUT2D eigenvalue weighted by Gasteiger charge is 2.59. The monoisotopic (exact) mass is 392 g/mol. The van der Waals surface area contributed by atoms with E-state index in [1.54, 1.807) is 48.5 Å². The number of hydrogen-bond donors (Lipinski definition) is 1. The van der Waals surface area contributed by atoms with Gasteiger partial charge in [-0.05, 0) is 54.7 Å². The first-order valence-corrected chi connectivity index (χ1v) is 9.64. The molecule has 2 aliphatic carbocycles. The third-order valence-electron chi connectivity index (χ3n) is 5.92. The molecule has 2 bridgehead atoms. The van der Waals surface area contributed by atoms with E-state index >= 15 is 0 Å². The predicted octanol–water partition coefficient (Wildman–Crippen LogP) is 3.90. The van der Waals surface area contributed by atoms with Crippen molar-refractivity contribution in [3.63, 3.8) is 0 Å². The zero-order chi connectivity index (χ0) is 19.4. The third-order valence-corrected chi connectivity index (χ3v) is 6.15. The Hall–Kier alpha value is -2.92. The Kier molecular flexibility index (Phi) is 3.88. The Morgan fingerprint density at radius 3 is 2.32 bits per heavy atom. The molecule has 5 rings (SSSR count). The molecule has 3 aliphatic rings. The van der Waals surface area contributed by atoms with E-state index in [-0.39, 0.29) is 41.4 Å². The minimum Gasteiger partial charge on any atom is -0.322 e. The van der Waals surface area contributed by atoms with Crippen LogP contribution in [0.3, 0.4) is 0 Å². The van der Waals surface area contributed by atoms with Crippen molar-refractivity contribution in [2.45, 2.75) is 6.42 Å². The maximum atomic E-state index is 13.0. The van der Waals surface area contributed by atoms with E-state index in [0.29, 0.717) is 22.0 Å². The van der Waals surface area contributed by atoms with E-state index in [1.807, 2.05) is 0 Å². The van der Waals surface area contributed by atoms with Gasteiger partial charge in [0.2, 0.25) is 11.8 Å². The van der Waals surface area contributed by atoms with Gasteiger partial charge in [0.25, 0.3) is 5.91 Å². The van der Waals surface area contributed by atoms with Crippen molar-refractivity contribution in [3.05, 3.63) is 71.3 Å². The van der Waals surface area contributed by atoms with Crippen LogP contribution in [0, 0.1) is 23.7 Å². The number of rotatable bonds is 3. The minimum atomic E-state index is -0.329. The second kappa shape index (κ2) is 6.31. The zero-order valence-corrected chi connectivity index (χ0v) is 15.6. The molecular weight excluding hydrogens is 376 g/mol. The maximum absolute atomic E-state index is 13.0. The van der Waals surface area contributed by atoms with Crippen LogP contribution >= 0.6 is 11.6 Å². The summed E-state index contributed by atoms with van der Waals surface area (Å²) in [6, 6.07) is 13.5. The van der Waals surface area contributed by atoms with Crippen LogP contribution in [-0.2, 0) is 9.59 Å². The number of amides is 3. The van der Waals surface area contributed by atoms with Crippen LogP contribution in [0.15, 0.2) is 60.7 Å². The largest absolute Gasteiger partial charge is 0.322 e. The minimum absolute atomic E-state index is 0.153. The quantitative estimate of drug-likeness (QED) is 0.636. The van der Waals surface area contributed by atoms with Gasteiger partial charge in [-0.1, -0.05) is 35.9 Å². The molecule has 140 valence electrons. The van der Waals surface area contributed by atoms with Gasteiger partial charge in [0.15, 0.2) is 0 Å². The van der Waals surface area contributed by atoms with Crippen LogP contribution in [-0.4, -0.2) is 17.7 Å². The Bertz CT molecular complexity index is 1020. The molecule has 2 aromatic rings. The molecule has 5 nitrogen and oxygen atoms in total. The van der Waals surface area contributed by atoms with E-state index < -0.39 is 0 Å². The molecule has 6 heteroatoms. The number of halogens is 1. The number of allylic oxidation sites excluding steroid dienone is 2. The van der Waals surface area contributed by atoms with Gasteiger partial charge in [-0.2, -0.15) is 0 Å². The van der Waals surface area contributed by atoms with Gasteiger partial charge >= 0.3 is 0 Å². The maximum Gasteiger partial charge on any atom is 0.255 e. The molecule has 0 unspecified atom stereocenters. The molecule has 1 saturated carbocycles. The van der Waals surface area contributed by atoms with Crippen molar-refractivity contribution in [2.75, 3.05) is 10.2 Å². The van der Waals surface area contributed by atoms with Crippen LogP contribution in [0.25, 0.3) is 0 Å². The van der Waals surface area contributed by atoms with E-state index in [4.69, 9.17) is 11.6 Å². The fourth-order valence-electron chi connectivity index (χ4n) is 4.71. The van der Waals surface area contributed by atoms with E-state index in [2.05, 4.69) is 17.5 Å². The number of carbonyl (C=O) groups is 3. The Morgan fingerprint density at radius 2 is 1.64 bits per heavy atom. The summed E-state index contributed by atoms with van der Waals surface area (Å²) in [7, 11) is 0. The summed E-state index contributed by atoms with van der Waals surface area (Å²) in [5.41, 5.74) is 1.40. The smallest absolute Gasteiger partial charge is 0.255 e. The van der Waals surface area contributed by atoms with Gasteiger partial charge < -0.3 is 5.32 Å². The third kappa shape index (κ3) is 2.58. The Labute approximate surface area is 167 Å². The first kappa shape index (κ1) is 17.2. The van der Waals surface area contributed by atoms with Crippen LogP contribution < -0.4 is 10.2 Å². The average Bonchev–Trinajstić information content (AvgIpc) is 3.36. The van der Waals surface area contributed by atoms with E-state index in [0.717, 1.165) is 6.42 Å². The molecule has 1 saturated heterocycles. The lowest BCUT2D eigenvalue weighted by Crippen LogP contribution is -2.33. The number of fused-ring (bicyclic) bond motifs is 5. The predicted molar refractivity (Wildman–Crippen MR) is 106 cm³/mol. The fraction of sp³-hybridized carbons (Fsp3) is 0.227. The molecule has 3 amide bonds. The van der Waals surface area contributed by atoms with E-state index in [1.165, 1.54) is 4.90 Å². The molecule has 0 radical (unpaired) electrons. The van der Waals surface area contributed by atoms with Crippen LogP contribution in [0.2, 0.25) is 5.02 Å². The van der Waals surface area contributed by atoms with Crippen molar-refractivity contribution in [1.29, 1.82) is 0 Å². The second-order valence-corrected chi connectivity index (χ2v) is 7.96. The highest BCUT2D eigenvalue weighted by molar-refractivity contribution is 6.31. The highest BCUT2D eigenvalue weighted by atomic mass is 35.5. The van der Waals surface area contributed by atoms with Crippen LogP contribution in [0.4, 0.5) is 11.4 Å². The summed E-state index contributed by atoms with van der Waals surface area (Å²) >= 11 is 5.95. The first-order chi connectivity index (χ1) is 13.5. The number of imide groups is 1. The summed E-state index contributed by atoms with van der Waals surface area (Å²) in [6.07, 6.45) is 5.02. The second-order valence-electron chi connectivity index (χ2n) is 7.53. The number of nitrogens with zero attached hydrogens (tertiary/aromatic N) is 1. The summed E-state index contributed by atoms with van der Waals surface area (Å²) in [4.78, 5) is 39.8. The fourth-order valence-corrected chi connectivity index (χ4v) is 4.90. The van der Waals surface area contributed by atoms with Gasteiger partial charge in [-0.3, -0.25) is 14.4 Å². The molecule has 0 aromatic heterocycles. The molecule has 1 aliphatic heterocycles. The molecular formula is C22H17ClN2O3. The summed E-state index contributed by atoms with van der Waals surface area (Å²) in [6.45, 7) is 0. The van der Waals surface area contributed by atoms with Gasteiger partial charge in [-0.15, -0.1) is 0 Å². The molecule has 2 aromatic carbocycles. The zero-order valence-electron chi connectivity index (χ0n) is 14.8. The van der Waals surface area contributed by atoms with Gasteiger partial charge in [0.1, 0.15) is 0 Å². The first-order valence-electron chi connectivity index (χ1n) is 9.26. The average molecular weight is 393 g/mol. The molecule has 0 spiro atoms. The number of carbonyl (C=O) groups excluding carboxylic acids is 3. The topological polar surface area (TPSA) is 66.5 Å². The van der Waals surface area contributed by atoms with Gasteiger partial charge in [0, 0.05) is 16.3 Å². The molecule has 1 N–H and O–H groups in total. The number of hydrogen-bond acceptors (Lipinski definition) is 3. The number of nitrogens with one attached hydrogen (secondary N) is 1. The van der Waals surface area contributed by atoms with Gasteiger partial charge in [-0.25, -0.2) is 4.90 Å². The Balaban J connectivity index is 1.41. The lowest BCUT2D eigenvalue weighted by Gasteiger charge is -2.18. The van der Waals surface area contributed by atoms with Crippen molar-refractivity contribution >= 4 is 40.7 Å². The van der Waals surface area contributed by atoms with Crippen molar-refractivity contribution in [2.24, 2.45) is 23.7 Å². The number of benzene rings is 2. The number of anilines is 2.